The molecular formula is C15H29N3O. The highest BCUT2D eigenvalue weighted by molar-refractivity contribution is 5.13. The molecule has 0 aliphatic heterocycles. The van der Waals surface area contributed by atoms with Gasteiger partial charge in [-0.05, 0) is 52.6 Å². The average Bonchev–Trinajstić information content (AvgIpc) is 2.69. The highest BCUT2D eigenvalue weighted by Gasteiger charge is 2.21. The lowest BCUT2D eigenvalue weighted by atomic mass is 9.97. The molecule has 0 aliphatic carbocycles. The fraction of sp³-hybridized carbons (Fsp3) is 0.800. The van der Waals surface area contributed by atoms with Gasteiger partial charge in [0.1, 0.15) is 0 Å². The number of nitrogens with one attached hydrogen (secondary N) is 1. The van der Waals surface area contributed by atoms with Gasteiger partial charge in [0.15, 0.2) is 0 Å². The summed E-state index contributed by atoms with van der Waals surface area (Å²) in [4.78, 5) is 0. The first-order valence-corrected chi connectivity index (χ1v) is 7.18. The van der Waals surface area contributed by atoms with Gasteiger partial charge in [0, 0.05) is 20.2 Å². The van der Waals surface area contributed by atoms with Crippen molar-refractivity contribution in [2.24, 2.45) is 7.05 Å². The Morgan fingerprint density at radius 1 is 1.47 bits per heavy atom. The Kier molecular flexibility index (Phi) is 6.01. The molecule has 0 bridgehead atoms. The summed E-state index contributed by atoms with van der Waals surface area (Å²) in [6, 6.07) is 2.52. The smallest absolute Gasteiger partial charge is 0.0623 e. The molecule has 0 fully saturated rings. The van der Waals surface area contributed by atoms with E-state index in [1.165, 1.54) is 5.69 Å². The molecule has 0 aliphatic rings. The van der Waals surface area contributed by atoms with Crippen LogP contribution in [0.3, 0.4) is 0 Å². The van der Waals surface area contributed by atoms with E-state index in [-0.39, 0.29) is 5.60 Å². The third kappa shape index (κ3) is 4.96. The summed E-state index contributed by atoms with van der Waals surface area (Å²) in [7, 11) is 3.80. The van der Waals surface area contributed by atoms with Crippen LogP contribution in [-0.2, 0) is 11.8 Å². The first-order valence-electron chi connectivity index (χ1n) is 7.18. The minimum Gasteiger partial charge on any atom is -0.379 e. The largest absolute Gasteiger partial charge is 0.379 e. The average molecular weight is 267 g/mol. The third-order valence-corrected chi connectivity index (χ3v) is 3.62. The van der Waals surface area contributed by atoms with Crippen molar-refractivity contribution in [1.29, 1.82) is 0 Å². The van der Waals surface area contributed by atoms with E-state index in [1.807, 2.05) is 18.7 Å². The van der Waals surface area contributed by atoms with Gasteiger partial charge in [0.05, 0.1) is 17.0 Å². The summed E-state index contributed by atoms with van der Waals surface area (Å²) in [5.41, 5.74) is 2.27. The van der Waals surface area contributed by atoms with Gasteiger partial charge >= 0.3 is 0 Å². The van der Waals surface area contributed by atoms with E-state index in [0.717, 1.165) is 31.5 Å². The SMILES string of the molecule is CCCNC(CCC(C)(C)OC)c1cc(C)nn1C. The van der Waals surface area contributed by atoms with Gasteiger partial charge in [-0.25, -0.2) is 0 Å². The number of ether oxygens (including phenoxy) is 1. The molecule has 1 aromatic rings. The lowest BCUT2D eigenvalue weighted by Gasteiger charge is -2.26. The summed E-state index contributed by atoms with van der Waals surface area (Å²) in [5, 5.41) is 8.07. The van der Waals surface area contributed by atoms with Gasteiger partial charge < -0.3 is 10.1 Å². The predicted molar refractivity (Wildman–Crippen MR) is 79.3 cm³/mol. The van der Waals surface area contributed by atoms with Crippen molar-refractivity contribution in [3.8, 4) is 0 Å². The zero-order valence-corrected chi connectivity index (χ0v) is 13.3. The zero-order chi connectivity index (χ0) is 14.5. The minimum atomic E-state index is -0.0697. The molecule has 1 atom stereocenters. The highest BCUT2D eigenvalue weighted by Crippen LogP contribution is 2.24. The van der Waals surface area contributed by atoms with Crippen LogP contribution in [0.25, 0.3) is 0 Å². The van der Waals surface area contributed by atoms with Crippen LogP contribution in [0.4, 0.5) is 0 Å². The fourth-order valence-corrected chi connectivity index (χ4v) is 2.22. The van der Waals surface area contributed by atoms with E-state index in [2.05, 4.69) is 37.3 Å². The number of aromatic nitrogens is 2. The number of hydrogen-bond donors (Lipinski definition) is 1. The van der Waals surface area contributed by atoms with Crippen LogP contribution in [0, 0.1) is 6.92 Å². The van der Waals surface area contributed by atoms with Crippen LogP contribution in [0.5, 0.6) is 0 Å². The molecule has 1 aromatic heterocycles. The number of methoxy groups -OCH3 is 1. The summed E-state index contributed by atoms with van der Waals surface area (Å²) in [6.45, 7) is 9.54. The number of hydrogen-bond acceptors (Lipinski definition) is 3. The van der Waals surface area contributed by atoms with Crippen LogP contribution < -0.4 is 5.32 Å². The third-order valence-electron chi connectivity index (χ3n) is 3.62. The molecule has 1 N–H and O–H groups in total. The van der Waals surface area contributed by atoms with Crippen LogP contribution in [0.15, 0.2) is 6.07 Å². The molecule has 4 heteroatoms. The molecule has 0 amide bonds. The second-order valence-corrected chi connectivity index (χ2v) is 5.84. The summed E-state index contributed by atoms with van der Waals surface area (Å²) in [5.74, 6) is 0. The van der Waals surface area contributed by atoms with Crippen molar-refractivity contribution < 1.29 is 4.74 Å². The van der Waals surface area contributed by atoms with Gasteiger partial charge in [-0.1, -0.05) is 6.92 Å². The maximum atomic E-state index is 5.51. The molecule has 0 aromatic carbocycles. The van der Waals surface area contributed by atoms with Gasteiger partial charge in [-0.15, -0.1) is 0 Å². The van der Waals surface area contributed by atoms with E-state index in [0.29, 0.717) is 6.04 Å². The maximum Gasteiger partial charge on any atom is 0.0623 e. The molecule has 0 radical (unpaired) electrons. The second kappa shape index (κ2) is 7.06. The van der Waals surface area contributed by atoms with Crippen molar-refractivity contribution >= 4 is 0 Å². The summed E-state index contributed by atoms with van der Waals surface area (Å²) in [6.07, 6.45) is 3.22. The van der Waals surface area contributed by atoms with Crippen LogP contribution in [-0.4, -0.2) is 29.0 Å². The van der Waals surface area contributed by atoms with E-state index >= 15 is 0 Å². The Morgan fingerprint density at radius 2 is 2.16 bits per heavy atom. The van der Waals surface area contributed by atoms with E-state index in [9.17, 15) is 0 Å². The van der Waals surface area contributed by atoms with Gasteiger partial charge in [-0.2, -0.15) is 5.10 Å². The maximum absolute atomic E-state index is 5.51. The minimum absolute atomic E-state index is 0.0697. The molecule has 0 spiro atoms. The molecule has 19 heavy (non-hydrogen) atoms. The fourth-order valence-electron chi connectivity index (χ4n) is 2.22. The Labute approximate surface area is 117 Å². The summed E-state index contributed by atoms with van der Waals surface area (Å²) < 4.78 is 7.50. The molecule has 0 saturated heterocycles. The van der Waals surface area contributed by atoms with Crippen LogP contribution >= 0.6 is 0 Å². The van der Waals surface area contributed by atoms with Crippen molar-refractivity contribution in [2.45, 2.75) is 58.6 Å². The van der Waals surface area contributed by atoms with E-state index < -0.39 is 0 Å². The molecule has 4 nitrogen and oxygen atoms in total. The molecular weight excluding hydrogens is 238 g/mol. The van der Waals surface area contributed by atoms with Crippen molar-refractivity contribution in [1.82, 2.24) is 15.1 Å². The van der Waals surface area contributed by atoms with Gasteiger partial charge in [0.2, 0.25) is 0 Å². The Bertz CT molecular complexity index is 385. The molecule has 1 unspecified atom stereocenters. The quantitative estimate of drug-likeness (QED) is 0.787. The zero-order valence-electron chi connectivity index (χ0n) is 13.3. The van der Waals surface area contributed by atoms with Crippen molar-refractivity contribution in [3.05, 3.63) is 17.5 Å². The second-order valence-electron chi connectivity index (χ2n) is 5.84. The standard InChI is InChI=1S/C15H29N3O/c1-7-10-16-13(8-9-15(3,4)19-6)14-11-12(2)17-18(14)5/h11,13,16H,7-10H2,1-6H3. The molecule has 1 heterocycles. The molecule has 1 rings (SSSR count). The molecule has 0 saturated carbocycles. The topological polar surface area (TPSA) is 39.1 Å². The Balaban J connectivity index is 2.74. The Morgan fingerprint density at radius 3 is 2.63 bits per heavy atom. The van der Waals surface area contributed by atoms with Crippen molar-refractivity contribution in [3.63, 3.8) is 0 Å². The monoisotopic (exact) mass is 267 g/mol. The van der Waals surface area contributed by atoms with Crippen LogP contribution in [0.1, 0.15) is 57.5 Å². The number of nitrogens with zero attached hydrogens (tertiary/aromatic N) is 2. The predicted octanol–water partition coefficient (Wildman–Crippen LogP) is 2.97. The Hall–Kier alpha value is -0.870. The van der Waals surface area contributed by atoms with Gasteiger partial charge in [-0.3, -0.25) is 4.68 Å². The highest BCUT2D eigenvalue weighted by atomic mass is 16.5. The first-order chi connectivity index (χ1) is 8.89. The molecule has 110 valence electrons. The lowest BCUT2D eigenvalue weighted by Crippen LogP contribution is -2.29. The van der Waals surface area contributed by atoms with Gasteiger partial charge in [0.25, 0.3) is 0 Å². The van der Waals surface area contributed by atoms with Crippen molar-refractivity contribution in [2.75, 3.05) is 13.7 Å². The van der Waals surface area contributed by atoms with E-state index in [4.69, 9.17) is 4.74 Å². The van der Waals surface area contributed by atoms with Crippen LogP contribution in [0.2, 0.25) is 0 Å². The number of aryl methyl sites for hydroxylation is 2. The lowest BCUT2D eigenvalue weighted by molar-refractivity contribution is 0.0115. The number of rotatable bonds is 8. The first kappa shape index (κ1) is 16.2. The normalized spacial score (nSPS) is 13.8. The summed E-state index contributed by atoms with van der Waals surface area (Å²) >= 11 is 0. The van der Waals surface area contributed by atoms with E-state index in [1.54, 1.807) is 7.11 Å².